The van der Waals surface area contributed by atoms with Gasteiger partial charge in [0.1, 0.15) is 0 Å². The average Bonchev–Trinajstić information content (AvgIpc) is 3.24. The molecule has 0 aromatic carbocycles. The number of ether oxygens (including phenoxy) is 1. The van der Waals surface area contributed by atoms with Gasteiger partial charge < -0.3 is 19.0 Å². The van der Waals surface area contributed by atoms with Gasteiger partial charge in [-0.15, -0.1) is 0 Å². The predicted octanol–water partition coefficient (Wildman–Crippen LogP) is 2.77. The topological polar surface area (TPSA) is 75.9 Å². The minimum absolute atomic E-state index is 0.0391. The van der Waals surface area contributed by atoms with E-state index in [0.717, 1.165) is 31.4 Å². The summed E-state index contributed by atoms with van der Waals surface area (Å²) in [6, 6.07) is 9.17. The zero-order valence-corrected chi connectivity index (χ0v) is 16.8. The zero-order chi connectivity index (χ0) is 20.3. The fourth-order valence-corrected chi connectivity index (χ4v) is 4.52. The fourth-order valence-electron chi connectivity index (χ4n) is 4.52. The van der Waals surface area contributed by atoms with Crippen molar-refractivity contribution >= 4 is 11.8 Å². The average molecular weight is 397 g/mol. The van der Waals surface area contributed by atoms with Crippen molar-refractivity contribution in [1.82, 2.24) is 14.8 Å². The number of hydrogen-bond acceptors (Lipinski definition) is 5. The van der Waals surface area contributed by atoms with E-state index in [4.69, 9.17) is 9.15 Å². The lowest BCUT2D eigenvalue weighted by molar-refractivity contribution is -0.138. The lowest BCUT2D eigenvalue weighted by Gasteiger charge is -2.48. The Morgan fingerprint density at radius 2 is 2.14 bits per heavy atom. The lowest BCUT2D eigenvalue weighted by atomic mass is 9.73. The van der Waals surface area contributed by atoms with E-state index in [0.29, 0.717) is 44.3 Å². The fraction of sp³-hybridized carbons (Fsp3) is 0.500. The number of amides is 2. The normalized spacial score (nSPS) is 22.2. The second kappa shape index (κ2) is 8.27. The molecule has 2 aliphatic rings. The number of methoxy groups -OCH3 is 1. The van der Waals surface area contributed by atoms with Gasteiger partial charge >= 0.3 is 0 Å². The number of pyridine rings is 1. The molecule has 2 amide bonds. The van der Waals surface area contributed by atoms with E-state index in [-0.39, 0.29) is 17.2 Å². The van der Waals surface area contributed by atoms with Crippen LogP contribution in [0.2, 0.25) is 0 Å². The highest BCUT2D eigenvalue weighted by Gasteiger charge is 2.43. The Hall–Kier alpha value is -2.83. The number of rotatable bonds is 5. The molecule has 0 unspecified atom stereocenters. The van der Waals surface area contributed by atoms with Gasteiger partial charge in [0.05, 0.1) is 7.11 Å². The van der Waals surface area contributed by atoms with Gasteiger partial charge in [0, 0.05) is 62.4 Å². The van der Waals surface area contributed by atoms with E-state index in [1.54, 1.807) is 18.3 Å². The summed E-state index contributed by atoms with van der Waals surface area (Å²) in [4.78, 5) is 33.6. The zero-order valence-electron chi connectivity index (χ0n) is 16.8. The molecule has 4 heterocycles. The first-order valence-electron chi connectivity index (χ1n) is 10.2. The van der Waals surface area contributed by atoms with Gasteiger partial charge in [-0.2, -0.15) is 0 Å². The molecule has 2 aliphatic heterocycles. The van der Waals surface area contributed by atoms with Crippen molar-refractivity contribution in [2.75, 3.05) is 33.3 Å². The van der Waals surface area contributed by atoms with Crippen LogP contribution in [0.5, 0.6) is 5.95 Å². The van der Waals surface area contributed by atoms with E-state index in [1.807, 2.05) is 28.0 Å². The molecule has 0 aliphatic carbocycles. The lowest BCUT2D eigenvalue weighted by Crippen LogP contribution is -2.55. The van der Waals surface area contributed by atoms with Gasteiger partial charge in [0.25, 0.3) is 11.9 Å². The standard InChI is InChI=1S/C22H27N3O4/c1-28-20-7-6-18(29-20)21(27)25-13-4-10-22(16-25)11-8-19(26)24(15-22)14-9-17-5-2-3-12-23-17/h2-3,5-7,12H,4,8-11,13-16H2,1H3/t22-/m0/s1. The number of carbonyl (C=O) groups excluding carboxylic acids is 2. The van der Waals surface area contributed by atoms with Crippen LogP contribution in [-0.2, 0) is 11.2 Å². The highest BCUT2D eigenvalue weighted by atomic mass is 16.6. The van der Waals surface area contributed by atoms with Gasteiger partial charge in [0.2, 0.25) is 5.91 Å². The van der Waals surface area contributed by atoms with E-state index in [2.05, 4.69) is 4.98 Å². The second-order valence-electron chi connectivity index (χ2n) is 8.04. The maximum atomic E-state index is 12.9. The monoisotopic (exact) mass is 397 g/mol. The summed E-state index contributed by atoms with van der Waals surface area (Å²) < 4.78 is 10.5. The minimum Gasteiger partial charge on any atom is -0.468 e. The van der Waals surface area contributed by atoms with E-state index >= 15 is 0 Å². The molecule has 7 nitrogen and oxygen atoms in total. The summed E-state index contributed by atoms with van der Waals surface area (Å²) in [7, 11) is 1.52. The van der Waals surface area contributed by atoms with Crippen LogP contribution >= 0.6 is 0 Å². The van der Waals surface area contributed by atoms with Crippen molar-refractivity contribution in [2.24, 2.45) is 5.41 Å². The molecule has 2 fully saturated rings. The van der Waals surface area contributed by atoms with Crippen LogP contribution in [0.1, 0.15) is 41.9 Å². The van der Waals surface area contributed by atoms with Gasteiger partial charge in [-0.05, 0) is 37.5 Å². The highest BCUT2D eigenvalue weighted by Crippen LogP contribution is 2.39. The Balaban J connectivity index is 1.42. The number of hydrogen-bond donors (Lipinski definition) is 0. The van der Waals surface area contributed by atoms with Crippen molar-refractivity contribution in [3.8, 4) is 5.95 Å². The molecule has 0 radical (unpaired) electrons. The number of nitrogens with zero attached hydrogens (tertiary/aromatic N) is 3. The molecule has 2 saturated heterocycles. The van der Waals surface area contributed by atoms with Gasteiger partial charge in [-0.3, -0.25) is 14.6 Å². The molecule has 0 saturated carbocycles. The molecular formula is C22H27N3O4. The quantitative estimate of drug-likeness (QED) is 0.775. The number of furan rings is 1. The van der Waals surface area contributed by atoms with Gasteiger partial charge in [0.15, 0.2) is 5.76 Å². The van der Waals surface area contributed by atoms with Crippen molar-refractivity contribution < 1.29 is 18.7 Å². The summed E-state index contributed by atoms with van der Waals surface area (Å²) in [6.07, 6.45) is 5.87. The number of likely N-dealkylation sites (tertiary alicyclic amines) is 2. The third-order valence-electron chi connectivity index (χ3n) is 6.05. The summed E-state index contributed by atoms with van der Waals surface area (Å²) in [5.41, 5.74) is 0.954. The number of aromatic nitrogens is 1. The first-order valence-corrected chi connectivity index (χ1v) is 10.2. The predicted molar refractivity (Wildman–Crippen MR) is 107 cm³/mol. The van der Waals surface area contributed by atoms with Crippen LogP contribution in [0.25, 0.3) is 0 Å². The molecule has 7 heteroatoms. The summed E-state index contributed by atoms with van der Waals surface area (Å²) in [5, 5.41) is 0. The maximum absolute atomic E-state index is 12.9. The summed E-state index contributed by atoms with van der Waals surface area (Å²) >= 11 is 0. The van der Waals surface area contributed by atoms with Crippen LogP contribution in [0.15, 0.2) is 40.9 Å². The first kappa shape index (κ1) is 19.5. The Labute approximate surface area is 170 Å². The molecule has 154 valence electrons. The maximum Gasteiger partial charge on any atom is 0.289 e. The largest absolute Gasteiger partial charge is 0.468 e. The third-order valence-corrected chi connectivity index (χ3v) is 6.05. The Kier molecular flexibility index (Phi) is 5.56. The molecule has 1 atom stereocenters. The van der Waals surface area contributed by atoms with Crippen molar-refractivity contribution in [3.63, 3.8) is 0 Å². The van der Waals surface area contributed by atoms with Crippen LogP contribution in [0.3, 0.4) is 0 Å². The van der Waals surface area contributed by atoms with Crippen molar-refractivity contribution in [1.29, 1.82) is 0 Å². The molecule has 2 aromatic heterocycles. The molecule has 0 N–H and O–H groups in total. The van der Waals surface area contributed by atoms with Gasteiger partial charge in [-0.1, -0.05) is 6.07 Å². The van der Waals surface area contributed by atoms with Crippen molar-refractivity contribution in [2.45, 2.75) is 32.1 Å². The SMILES string of the molecule is COc1ccc(C(=O)N2CCC[C@@]3(CCC(=O)N(CCc4ccccn4)C3)C2)o1. The van der Waals surface area contributed by atoms with E-state index < -0.39 is 0 Å². The molecule has 0 bridgehead atoms. The Morgan fingerprint density at radius 1 is 1.24 bits per heavy atom. The summed E-state index contributed by atoms with van der Waals surface area (Å²) in [6.45, 7) is 2.73. The van der Waals surface area contributed by atoms with E-state index in [1.165, 1.54) is 7.11 Å². The molecular weight excluding hydrogens is 370 g/mol. The minimum atomic E-state index is -0.107. The number of piperidine rings is 2. The molecule has 4 rings (SSSR count). The Morgan fingerprint density at radius 3 is 2.90 bits per heavy atom. The highest BCUT2D eigenvalue weighted by molar-refractivity contribution is 5.91. The molecule has 2 aromatic rings. The molecule has 1 spiro atoms. The van der Waals surface area contributed by atoms with E-state index in [9.17, 15) is 9.59 Å². The first-order chi connectivity index (χ1) is 14.1. The van der Waals surface area contributed by atoms with Crippen LogP contribution in [0, 0.1) is 5.41 Å². The summed E-state index contributed by atoms with van der Waals surface area (Å²) in [5.74, 6) is 0.733. The molecule has 29 heavy (non-hydrogen) atoms. The third kappa shape index (κ3) is 4.28. The van der Waals surface area contributed by atoms with Crippen molar-refractivity contribution in [3.05, 3.63) is 48.0 Å². The second-order valence-corrected chi connectivity index (χ2v) is 8.04. The van der Waals surface area contributed by atoms with Crippen LogP contribution in [0.4, 0.5) is 0 Å². The Bertz CT molecular complexity index is 866. The van der Waals surface area contributed by atoms with Crippen LogP contribution < -0.4 is 4.74 Å². The number of carbonyl (C=O) groups is 2. The van der Waals surface area contributed by atoms with Gasteiger partial charge in [-0.25, -0.2) is 0 Å². The van der Waals surface area contributed by atoms with Crippen LogP contribution in [-0.4, -0.2) is 59.9 Å². The smallest absolute Gasteiger partial charge is 0.289 e.